The summed E-state index contributed by atoms with van der Waals surface area (Å²) in [6.07, 6.45) is 4.90. The summed E-state index contributed by atoms with van der Waals surface area (Å²) in [5.74, 6) is -0.465. The molecule has 0 aromatic carbocycles. The molecule has 4 heteroatoms. The second kappa shape index (κ2) is 4.23. The van der Waals surface area contributed by atoms with E-state index in [0.29, 0.717) is 10.0 Å². The molecule has 1 aliphatic rings. The Balaban J connectivity index is 2.42. The van der Waals surface area contributed by atoms with E-state index >= 15 is 0 Å². The molecule has 1 aliphatic heterocycles. The van der Waals surface area contributed by atoms with Gasteiger partial charge in [0.25, 0.3) is 0 Å². The number of nitrogens with zero attached hydrogens (tertiary/aromatic N) is 2. The molecule has 1 atom stereocenters. The van der Waals surface area contributed by atoms with Gasteiger partial charge in [-0.25, -0.2) is 4.98 Å². The number of aromatic nitrogens is 1. The summed E-state index contributed by atoms with van der Waals surface area (Å²) in [6, 6.07) is 1.84. The molecule has 1 aromatic rings. The monoisotopic (exact) mass is 268 g/mol. The molecule has 0 saturated carbocycles. The first-order chi connectivity index (χ1) is 7.22. The Hall–Kier alpha value is -1.03. The van der Waals surface area contributed by atoms with Crippen molar-refractivity contribution in [3.8, 4) is 0 Å². The van der Waals surface area contributed by atoms with E-state index < -0.39 is 5.95 Å². The summed E-state index contributed by atoms with van der Waals surface area (Å²) in [5, 5.41) is 0. The lowest BCUT2D eigenvalue weighted by molar-refractivity contribution is 0.580. The summed E-state index contributed by atoms with van der Waals surface area (Å²) in [7, 11) is 0. The van der Waals surface area contributed by atoms with Crippen molar-refractivity contribution in [1.82, 2.24) is 4.98 Å². The van der Waals surface area contributed by atoms with Gasteiger partial charge in [-0.2, -0.15) is 4.39 Å². The van der Waals surface area contributed by atoms with Crippen LogP contribution in [0, 0.1) is 5.95 Å². The van der Waals surface area contributed by atoms with E-state index in [1.807, 2.05) is 0 Å². The molecule has 0 radical (unpaired) electrons. The van der Waals surface area contributed by atoms with Gasteiger partial charge in [-0.3, -0.25) is 4.99 Å². The van der Waals surface area contributed by atoms with Crippen LogP contribution in [-0.4, -0.2) is 16.7 Å². The van der Waals surface area contributed by atoms with E-state index in [-0.39, 0.29) is 6.04 Å². The van der Waals surface area contributed by atoms with Gasteiger partial charge in [-0.05, 0) is 34.8 Å². The van der Waals surface area contributed by atoms with Crippen LogP contribution < -0.4 is 0 Å². The van der Waals surface area contributed by atoms with Crippen LogP contribution in [0.5, 0.6) is 0 Å². The number of rotatable bonds is 2. The van der Waals surface area contributed by atoms with Gasteiger partial charge in [-0.1, -0.05) is 6.08 Å². The molecule has 0 saturated heterocycles. The number of pyridine rings is 1. The minimum Gasteiger partial charge on any atom is -0.281 e. The molecule has 1 aromatic heterocycles. The molecule has 2 nitrogen and oxygen atoms in total. The predicted octanol–water partition coefficient (Wildman–Crippen LogP) is 3.12. The fourth-order valence-electron chi connectivity index (χ4n) is 1.65. The molecule has 2 heterocycles. The van der Waals surface area contributed by atoms with Crippen LogP contribution in [-0.2, 0) is 0 Å². The predicted molar refractivity (Wildman–Crippen MR) is 61.7 cm³/mol. The Morgan fingerprint density at radius 2 is 2.40 bits per heavy atom. The SMILES string of the molecule is C=C[C@@H]1CCC(c2c(Br)ccnc2F)=N1. The molecule has 0 N–H and O–H groups in total. The van der Waals surface area contributed by atoms with E-state index in [0.717, 1.165) is 18.6 Å². The van der Waals surface area contributed by atoms with Gasteiger partial charge in [0.15, 0.2) is 0 Å². The molecule has 0 spiro atoms. The van der Waals surface area contributed by atoms with Crippen molar-refractivity contribution in [2.24, 2.45) is 4.99 Å². The molecule has 0 aliphatic carbocycles. The van der Waals surface area contributed by atoms with Gasteiger partial charge in [0.1, 0.15) is 0 Å². The lowest BCUT2D eigenvalue weighted by atomic mass is 10.1. The maximum absolute atomic E-state index is 13.5. The van der Waals surface area contributed by atoms with Crippen LogP contribution >= 0.6 is 15.9 Å². The van der Waals surface area contributed by atoms with Crippen LogP contribution in [0.3, 0.4) is 0 Å². The van der Waals surface area contributed by atoms with E-state index in [1.165, 1.54) is 6.20 Å². The van der Waals surface area contributed by atoms with Gasteiger partial charge in [0.2, 0.25) is 5.95 Å². The zero-order valence-electron chi connectivity index (χ0n) is 8.08. The molecule has 0 bridgehead atoms. The number of hydrogen-bond acceptors (Lipinski definition) is 2. The van der Waals surface area contributed by atoms with Crippen LogP contribution in [0.4, 0.5) is 4.39 Å². The van der Waals surface area contributed by atoms with Crippen molar-refractivity contribution < 1.29 is 4.39 Å². The first-order valence-electron chi connectivity index (χ1n) is 4.72. The van der Waals surface area contributed by atoms with Crippen LogP contribution in [0.25, 0.3) is 0 Å². The minimum atomic E-state index is -0.465. The van der Waals surface area contributed by atoms with Crippen LogP contribution in [0.15, 0.2) is 34.4 Å². The maximum atomic E-state index is 13.5. The summed E-state index contributed by atoms with van der Waals surface area (Å²) in [5.41, 5.74) is 1.26. The Bertz CT molecular complexity index is 408. The quantitative estimate of drug-likeness (QED) is 0.598. The largest absolute Gasteiger partial charge is 0.281 e. The van der Waals surface area contributed by atoms with E-state index in [2.05, 4.69) is 32.5 Å². The van der Waals surface area contributed by atoms with Crippen molar-refractivity contribution in [1.29, 1.82) is 0 Å². The third kappa shape index (κ3) is 2.00. The first kappa shape index (κ1) is 10.5. The minimum absolute atomic E-state index is 0.117. The molecular formula is C11H10BrFN2. The van der Waals surface area contributed by atoms with Crippen molar-refractivity contribution in [2.75, 3.05) is 0 Å². The number of aliphatic imine (C=N–C) groups is 1. The van der Waals surface area contributed by atoms with E-state index in [9.17, 15) is 4.39 Å². The second-order valence-electron chi connectivity index (χ2n) is 3.38. The fraction of sp³-hybridized carbons (Fsp3) is 0.273. The lowest BCUT2D eigenvalue weighted by Gasteiger charge is -2.03. The molecule has 0 fully saturated rings. The molecule has 15 heavy (non-hydrogen) atoms. The molecule has 0 unspecified atom stereocenters. The van der Waals surface area contributed by atoms with Crippen LogP contribution in [0.2, 0.25) is 0 Å². The summed E-state index contributed by atoms with van der Waals surface area (Å²) >= 11 is 3.31. The molecule has 0 amide bonds. The Morgan fingerprint density at radius 3 is 3.00 bits per heavy atom. The number of halogens is 2. The highest BCUT2D eigenvalue weighted by atomic mass is 79.9. The molecule has 78 valence electrons. The molecular weight excluding hydrogens is 259 g/mol. The summed E-state index contributed by atoms with van der Waals surface area (Å²) in [6.45, 7) is 3.69. The van der Waals surface area contributed by atoms with Crippen molar-refractivity contribution in [3.05, 3.63) is 40.9 Å². The second-order valence-corrected chi connectivity index (χ2v) is 4.23. The highest BCUT2D eigenvalue weighted by Gasteiger charge is 2.21. The highest BCUT2D eigenvalue weighted by Crippen LogP contribution is 2.25. The Kier molecular flexibility index (Phi) is 2.95. The van der Waals surface area contributed by atoms with E-state index in [4.69, 9.17) is 0 Å². The smallest absolute Gasteiger partial charge is 0.223 e. The van der Waals surface area contributed by atoms with Crippen molar-refractivity contribution in [2.45, 2.75) is 18.9 Å². The van der Waals surface area contributed by atoms with Crippen molar-refractivity contribution in [3.63, 3.8) is 0 Å². The third-order valence-electron chi connectivity index (χ3n) is 2.41. The summed E-state index contributed by atoms with van der Waals surface area (Å²) < 4.78 is 14.2. The average molecular weight is 269 g/mol. The number of hydrogen-bond donors (Lipinski definition) is 0. The average Bonchev–Trinajstić information content (AvgIpc) is 2.66. The van der Waals surface area contributed by atoms with E-state index in [1.54, 1.807) is 12.1 Å². The Labute approximate surface area is 96.1 Å². The normalized spacial score (nSPS) is 20.1. The van der Waals surface area contributed by atoms with Gasteiger partial charge in [0.05, 0.1) is 11.6 Å². The highest BCUT2D eigenvalue weighted by molar-refractivity contribution is 9.10. The van der Waals surface area contributed by atoms with Crippen LogP contribution in [0.1, 0.15) is 18.4 Å². The zero-order valence-corrected chi connectivity index (χ0v) is 9.67. The van der Waals surface area contributed by atoms with Crippen molar-refractivity contribution >= 4 is 21.6 Å². The molecule has 2 rings (SSSR count). The third-order valence-corrected chi connectivity index (χ3v) is 3.07. The zero-order chi connectivity index (χ0) is 10.8. The fourth-order valence-corrected chi connectivity index (χ4v) is 2.16. The standard InChI is InChI=1S/C11H10BrFN2/c1-2-7-3-4-9(15-7)10-8(12)5-6-14-11(10)13/h2,5-7H,1,3-4H2/t7-/m1/s1. The lowest BCUT2D eigenvalue weighted by Crippen LogP contribution is -2.03. The van der Waals surface area contributed by atoms with Gasteiger partial charge < -0.3 is 0 Å². The van der Waals surface area contributed by atoms with Gasteiger partial charge >= 0.3 is 0 Å². The van der Waals surface area contributed by atoms with Gasteiger partial charge in [0, 0.05) is 16.4 Å². The first-order valence-corrected chi connectivity index (χ1v) is 5.51. The Morgan fingerprint density at radius 1 is 1.60 bits per heavy atom. The topological polar surface area (TPSA) is 25.2 Å². The van der Waals surface area contributed by atoms with Gasteiger partial charge in [-0.15, -0.1) is 6.58 Å². The maximum Gasteiger partial charge on any atom is 0.223 e. The summed E-state index contributed by atoms with van der Waals surface area (Å²) in [4.78, 5) is 8.02.